The molecule has 1 heterocycles. The van der Waals surface area contributed by atoms with Gasteiger partial charge >= 0.3 is 0 Å². The Balaban J connectivity index is 0.00000180. The molecule has 1 fully saturated rings. The lowest BCUT2D eigenvalue weighted by Crippen LogP contribution is -2.29. The van der Waals surface area contributed by atoms with Crippen molar-refractivity contribution in [1.82, 2.24) is 4.90 Å². The number of hydrogen-bond acceptors (Lipinski definition) is 3. The molecule has 1 aromatic rings. The lowest BCUT2D eigenvalue weighted by molar-refractivity contribution is -0.116. The summed E-state index contributed by atoms with van der Waals surface area (Å²) in [5.74, 6) is 0.0118. The van der Waals surface area contributed by atoms with Crippen LogP contribution >= 0.6 is 24.0 Å². The molecule has 0 unspecified atom stereocenters. The molecule has 0 aromatic heterocycles. The number of nitrogens with two attached hydrogens (primary N) is 1. The number of amides is 1. The molecular formula is C13H19Cl2N3O. The van der Waals surface area contributed by atoms with Gasteiger partial charge in [-0.05, 0) is 31.2 Å². The van der Waals surface area contributed by atoms with Crippen molar-refractivity contribution in [3.63, 3.8) is 0 Å². The average Bonchev–Trinajstić information content (AvgIpc) is 2.73. The van der Waals surface area contributed by atoms with E-state index in [0.29, 0.717) is 11.4 Å². The van der Waals surface area contributed by atoms with Gasteiger partial charge in [-0.1, -0.05) is 17.7 Å². The summed E-state index contributed by atoms with van der Waals surface area (Å²) in [7, 11) is 0. The predicted molar refractivity (Wildman–Crippen MR) is 81.0 cm³/mol. The normalized spacial score (nSPS) is 18.9. The number of nitrogens with zero attached hydrogens (tertiary/aromatic N) is 1. The maximum absolute atomic E-state index is 11.7. The molecule has 1 amide bonds. The number of hydrogen-bond donors (Lipinski definition) is 2. The average molecular weight is 304 g/mol. The second-order valence-electron chi connectivity index (χ2n) is 4.66. The van der Waals surface area contributed by atoms with E-state index in [0.717, 1.165) is 31.7 Å². The molecule has 2 rings (SSSR count). The molecular weight excluding hydrogens is 285 g/mol. The summed E-state index contributed by atoms with van der Waals surface area (Å²) >= 11 is 5.85. The summed E-state index contributed by atoms with van der Waals surface area (Å²) < 4.78 is 0. The van der Waals surface area contributed by atoms with E-state index in [9.17, 15) is 4.79 Å². The van der Waals surface area contributed by atoms with Crippen molar-refractivity contribution in [2.75, 3.05) is 25.0 Å². The Hall–Kier alpha value is -0.810. The molecule has 6 heteroatoms. The van der Waals surface area contributed by atoms with Gasteiger partial charge in [-0.25, -0.2) is 0 Å². The number of carbonyl (C=O) groups excluding carboxylic acids is 1. The third-order valence-corrected chi connectivity index (χ3v) is 3.31. The van der Waals surface area contributed by atoms with Gasteiger partial charge in [-0.2, -0.15) is 0 Å². The highest BCUT2D eigenvalue weighted by Gasteiger charge is 2.19. The van der Waals surface area contributed by atoms with E-state index in [-0.39, 0.29) is 24.4 Å². The molecule has 3 N–H and O–H groups in total. The van der Waals surface area contributed by atoms with Gasteiger partial charge in [0.25, 0.3) is 0 Å². The van der Waals surface area contributed by atoms with Crippen molar-refractivity contribution >= 4 is 35.6 Å². The van der Waals surface area contributed by atoms with Crippen molar-refractivity contribution < 1.29 is 4.79 Å². The largest absolute Gasteiger partial charge is 0.326 e. The number of carbonyl (C=O) groups is 1. The Morgan fingerprint density at radius 3 is 2.95 bits per heavy atom. The fourth-order valence-corrected chi connectivity index (χ4v) is 2.31. The van der Waals surface area contributed by atoms with Crippen LogP contribution in [-0.2, 0) is 4.79 Å². The first-order valence-corrected chi connectivity index (χ1v) is 6.54. The topological polar surface area (TPSA) is 58.4 Å². The molecule has 1 aliphatic heterocycles. The van der Waals surface area contributed by atoms with E-state index in [1.54, 1.807) is 12.1 Å². The molecule has 1 saturated heterocycles. The Morgan fingerprint density at radius 1 is 1.53 bits per heavy atom. The molecule has 19 heavy (non-hydrogen) atoms. The predicted octanol–water partition coefficient (Wildman–Crippen LogP) is 2.12. The van der Waals surface area contributed by atoms with Gasteiger partial charge in [-0.15, -0.1) is 12.4 Å². The third-order valence-electron chi connectivity index (χ3n) is 3.07. The fraction of sp³-hybridized carbons (Fsp3) is 0.462. The minimum absolute atomic E-state index is 0. The van der Waals surface area contributed by atoms with Crippen LogP contribution in [0.5, 0.6) is 0 Å². The van der Waals surface area contributed by atoms with E-state index in [1.165, 1.54) is 0 Å². The first-order chi connectivity index (χ1) is 8.63. The molecule has 1 atom stereocenters. The number of likely N-dealkylation sites (tertiary alicyclic amines) is 1. The van der Waals surface area contributed by atoms with Crippen molar-refractivity contribution in [1.29, 1.82) is 0 Å². The minimum atomic E-state index is 0. The summed E-state index contributed by atoms with van der Waals surface area (Å²) in [4.78, 5) is 14.0. The standard InChI is InChI=1S/C13H18ClN3O.ClH/c14-10-2-1-3-12(8-10)16-13(18)5-7-17-6-4-11(15)9-17;/h1-3,8,11H,4-7,9,15H2,(H,16,18);1H/t11-;/m0./s1. The number of halogens is 2. The zero-order valence-corrected chi connectivity index (χ0v) is 12.2. The molecule has 4 nitrogen and oxygen atoms in total. The second-order valence-corrected chi connectivity index (χ2v) is 5.09. The van der Waals surface area contributed by atoms with Gasteiger partial charge in [0.1, 0.15) is 0 Å². The maximum Gasteiger partial charge on any atom is 0.225 e. The lowest BCUT2D eigenvalue weighted by atomic mass is 10.3. The summed E-state index contributed by atoms with van der Waals surface area (Å²) in [6.45, 7) is 2.65. The summed E-state index contributed by atoms with van der Waals surface area (Å²) in [5, 5.41) is 3.46. The fourth-order valence-electron chi connectivity index (χ4n) is 2.12. The highest BCUT2D eigenvalue weighted by atomic mass is 35.5. The molecule has 1 aliphatic rings. The Labute approximate surface area is 124 Å². The van der Waals surface area contributed by atoms with Crippen LogP contribution in [0.3, 0.4) is 0 Å². The number of rotatable bonds is 4. The Bertz CT molecular complexity index is 428. The van der Waals surface area contributed by atoms with Crippen LogP contribution in [0.2, 0.25) is 5.02 Å². The maximum atomic E-state index is 11.7. The van der Waals surface area contributed by atoms with Crippen molar-refractivity contribution in [3.05, 3.63) is 29.3 Å². The monoisotopic (exact) mass is 303 g/mol. The van der Waals surface area contributed by atoms with Crippen molar-refractivity contribution in [3.8, 4) is 0 Å². The van der Waals surface area contributed by atoms with E-state index in [1.807, 2.05) is 12.1 Å². The highest BCUT2D eigenvalue weighted by molar-refractivity contribution is 6.30. The van der Waals surface area contributed by atoms with Gasteiger partial charge in [-0.3, -0.25) is 4.79 Å². The lowest BCUT2D eigenvalue weighted by Gasteiger charge is -2.14. The van der Waals surface area contributed by atoms with Gasteiger partial charge in [0.15, 0.2) is 0 Å². The second kappa shape index (κ2) is 7.70. The molecule has 106 valence electrons. The summed E-state index contributed by atoms with van der Waals surface area (Å²) in [5.41, 5.74) is 6.56. The summed E-state index contributed by atoms with van der Waals surface area (Å²) in [6, 6.07) is 7.43. The zero-order chi connectivity index (χ0) is 13.0. The molecule has 0 radical (unpaired) electrons. The number of nitrogens with one attached hydrogen (secondary N) is 1. The van der Waals surface area contributed by atoms with E-state index in [4.69, 9.17) is 17.3 Å². The first-order valence-electron chi connectivity index (χ1n) is 6.17. The Kier molecular flexibility index (Phi) is 6.58. The summed E-state index contributed by atoms with van der Waals surface area (Å²) in [6.07, 6.45) is 1.51. The van der Waals surface area contributed by atoms with Crippen LogP contribution in [-0.4, -0.2) is 36.5 Å². The molecule has 0 bridgehead atoms. The number of anilines is 1. The van der Waals surface area contributed by atoms with Crippen molar-refractivity contribution in [2.24, 2.45) is 5.73 Å². The number of benzene rings is 1. The van der Waals surface area contributed by atoms with Crippen LogP contribution in [0.1, 0.15) is 12.8 Å². The van der Waals surface area contributed by atoms with Gasteiger partial charge < -0.3 is 16.0 Å². The highest BCUT2D eigenvalue weighted by Crippen LogP contribution is 2.15. The van der Waals surface area contributed by atoms with Crippen LogP contribution in [0.25, 0.3) is 0 Å². The van der Waals surface area contributed by atoms with Crippen LogP contribution in [0.4, 0.5) is 5.69 Å². The van der Waals surface area contributed by atoms with Crippen LogP contribution in [0, 0.1) is 0 Å². The minimum Gasteiger partial charge on any atom is -0.326 e. The Morgan fingerprint density at radius 2 is 2.32 bits per heavy atom. The molecule has 0 aliphatic carbocycles. The van der Waals surface area contributed by atoms with Gasteiger partial charge in [0.05, 0.1) is 0 Å². The third kappa shape index (κ3) is 5.37. The van der Waals surface area contributed by atoms with Gasteiger partial charge in [0, 0.05) is 36.3 Å². The van der Waals surface area contributed by atoms with Crippen molar-refractivity contribution in [2.45, 2.75) is 18.9 Å². The quantitative estimate of drug-likeness (QED) is 0.896. The van der Waals surface area contributed by atoms with Crippen LogP contribution < -0.4 is 11.1 Å². The smallest absolute Gasteiger partial charge is 0.225 e. The SMILES string of the molecule is Cl.N[C@H]1CCN(CCC(=O)Nc2cccc(Cl)c2)C1. The van der Waals surface area contributed by atoms with Gasteiger partial charge in [0.2, 0.25) is 5.91 Å². The molecule has 1 aromatic carbocycles. The molecule has 0 saturated carbocycles. The van der Waals surface area contributed by atoms with Crippen LogP contribution in [0.15, 0.2) is 24.3 Å². The first kappa shape index (κ1) is 16.2. The van der Waals surface area contributed by atoms with E-state index in [2.05, 4.69) is 10.2 Å². The zero-order valence-electron chi connectivity index (χ0n) is 10.6. The van der Waals surface area contributed by atoms with E-state index < -0.39 is 0 Å². The molecule has 0 spiro atoms. The van der Waals surface area contributed by atoms with E-state index >= 15 is 0 Å².